The van der Waals surface area contributed by atoms with Crippen LogP contribution in [0.3, 0.4) is 0 Å². The Kier molecular flexibility index (Phi) is 7.91. The lowest BCUT2D eigenvalue weighted by Crippen LogP contribution is -2.58. The molecule has 0 spiro atoms. The predicted octanol–water partition coefficient (Wildman–Crippen LogP) is 4.26. The Balaban J connectivity index is 1.51. The first-order chi connectivity index (χ1) is 20.6. The molecule has 3 aliphatic heterocycles. The van der Waals surface area contributed by atoms with E-state index >= 15 is 4.39 Å². The fourth-order valence-electron chi connectivity index (χ4n) is 6.47. The van der Waals surface area contributed by atoms with Gasteiger partial charge in [0.15, 0.2) is 5.75 Å². The summed E-state index contributed by atoms with van der Waals surface area (Å²) < 4.78 is 43.0. The average Bonchev–Trinajstić information content (AvgIpc) is 3.40. The highest BCUT2D eigenvalue weighted by Crippen LogP contribution is 2.47. The summed E-state index contributed by atoms with van der Waals surface area (Å²) >= 11 is 6.84. The predicted molar refractivity (Wildman–Crippen MR) is 161 cm³/mol. The van der Waals surface area contributed by atoms with Crippen molar-refractivity contribution < 1.29 is 23.0 Å². The number of likely N-dealkylation sites (N-methyl/N-ethyl adjacent to an activating group) is 1. The zero-order valence-electron chi connectivity index (χ0n) is 24.4. The summed E-state index contributed by atoms with van der Waals surface area (Å²) in [6.07, 6.45) is 2.23. The van der Waals surface area contributed by atoms with Crippen molar-refractivity contribution in [3.8, 4) is 16.9 Å². The lowest BCUT2D eigenvalue weighted by Gasteiger charge is -2.45. The smallest absolute Gasteiger partial charge is 0.350 e. The lowest BCUT2D eigenvalue weighted by atomic mass is 9.99. The fraction of sp³-hybridized carbons (Fsp3) is 0.452. The van der Waals surface area contributed by atoms with Gasteiger partial charge in [-0.15, -0.1) is 0 Å². The second kappa shape index (κ2) is 11.5. The third kappa shape index (κ3) is 5.27. The molecule has 0 aliphatic carbocycles. The Bertz CT molecular complexity index is 1670. The molecule has 0 N–H and O–H groups in total. The molecule has 1 unspecified atom stereocenters. The molecule has 9 nitrogen and oxygen atoms in total. The molecule has 2 saturated heterocycles. The topological polar surface area (TPSA) is 80.1 Å². The number of ether oxygens (including phenoxy) is 2. The molecule has 1 amide bonds. The number of benzene rings is 2. The van der Waals surface area contributed by atoms with Gasteiger partial charge in [-0.25, -0.2) is 13.6 Å². The van der Waals surface area contributed by atoms with Crippen LogP contribution in [-0.4, -0.2) is 89.9 Å². The Morgan fingerprint density at radius 3 is 2.70 bits per heavy atom. The van der Waals surface area contributed by atoms with Crippen LogP contribution >= 0.6 is 11.6 Å². The van der Waals surface area contributed by atoms with E-state index in [1.54, 1.807) is 15.5 Å². The number of hydrogen-bond acceptors (Lipinski definition) is 7. The molecule has 3 aliphatic rings. The highest BCUT2D eigenvalue weighted by molar-refractivity contribution is 6.35. The van der Waals surface area contributed by atoms with Gasteiger partial charge in [-0.3, -0.25) is 9.36 Å². The monoisotopic (exact) mass is 613 g/mol. The van der Waals surface area contributed by atoms with Crippen LogP contribution in [0.1, 0.15) is 26.3 Å². The molecule has 2 aromatic carbocycles. The number of nitrogens with zero attached hydrogens (tertiary/aromatic N) is 5. The molecule has 2 fully saturated rings. The second-order valence-electron chi connectivity index (χ2n) is 11.7. The molecule has 4 heterocycles. The molecule has 0 saturated carbocycles. The summed E-state index contributed by atoms with van der Waals surface area (Å²) in [4.78, 5) is 36.8. The van der Waals surface area contributed by atoms with E-state index in [0.29, 0.717) is 29.8 Å². The van der Waals surface area contributed by atoms with Crippen LogP contribution in [-0.2, 0) is 9.53 Å². The Labute approximate surface area is 253 Å². The molecule has 228 valence electrons. The molecule has 12 heteroatoms. The maximum atomic E-state index is 15.1. The van der Waals surface area contributed by atoms with E-state index in [0.717, 1.165) is 31.6 Å². The summed E-state index contributed by atoms with van der Waals surface area (Å²) in [6.45, 7) is 10.4. The van der Waals surface area contributed by atoms with Crippen molar-refractivity contribution in [2.45, 2.75) is 44.5 Å². The number of anilines is 1. The number of halogens is 3. The number of aromatic nitrogens is 2. The quantitative estimate of drug-likeness (QED) is 0.385. The first-order valence-corrected chi connectivity index (χ1v) is 14.8. The number of carbonyl (C=O) groups is 1. The number of rotatable bonds is 6. The minimum atomic E-state index is -0.800. The standard InChI is InChI=1S/C31H34ClF2N5O4/c1-5-26(40)37-12-18(3)38(13-17(37)2)30-23-11-24(32)27(22-7-6-19(33)10-25(22)34)29-28(23)39(31(41)35-30)20(16-43-29)15-42-21-8-9-36(4)14-21/h5-7,10-11,17-18,20-21H,1,8-9,12-16H2,2-4H3/t17-,18+,20-,21?/m1/s1. The van der Waals surface area contributed by atoms with E-state index < -0.39 is 23.4 Å². The van der Waals surface area contributed by atoms with Gasteiger partial charge in [0.2, 0.25) is 5.91 Å². The third-order valence-corrected chi connectivity index (χ3v) is 8.97. The minimum Gasteiger partial charge on any atom is -0.488 e. The van der Waals surface area contributed by atoms with Gasteiger partial charge < -0.3 is 24.2 Å². The fourth-order valence-corrected chi connectivity index (χ4v) is 6.76. The van der Waals surface area contributed by atoms with Crippen molar-refractivity contribution >= 4 is 34.2 Å². The van der Waals surface area contributed by atoms with E-state index in [2.05, 4.69) is 16.5 Å². The van der Waals surface area contributed by atoms with Gasteiger partial charge in [0.1, 0.15) is 24.1 Å². The van der Waals surface area contributed by atoms with E-state index in [4.69, 9.17) is 21.1 Å². The molecule has 3 aromatic rings. The molecule has 0 bridgehead atoms. The maximum Gasteiger partial charge on any atom is 0.350 e. The van der Waals surface area contributed by atoms with Gasteiger partial charge in [-0.05, 0) is 51.6 Å². The summed E-state index contributed by atoms with van der Waals surface area (Å²) in [5, 5.41) is 0.727. The van der Waals surface area contributed by atoms with Crippen molar-refractivity contribution in [1.29, 1.82) is 0 Å². The van der Waals surface area contributed by atoms with Gasteiger partial charge in [-0.1, -0.05) is 18.2 Å². The van der Waals surface area contributed by atoms with Crippen LogP contribution in [0, 0.1) is 11.6 Å². The molecule has 0 radical (unpaired) electrons. The third-order valence-electron chi connectivity index (χ3n) is 8.67. The van der Waals surface area contributed by atoms with Crippen molar-refractivity contribution in [3.63, 3.8) is 0 Å². The van der Waals surface area contributed by atoms with Gasteiger partial charge in [0, 0.05) is 60.8 Å². The normalized spacial score (nSPS) is 24.0. The highest BCUT2D eigenvalue weighted by Gasteiger charge is 2.36. The first kappa shape index (κ1) is 29.5. The number of likely N-dealkylation sites (tertiary alicyclic amines) is 1. The van der Waals surface area contributed by atoms with Crippen LogP contribution in [0.5, 0.6) is 5.75 Å². The highest BCUT2D eigenvalue weighted by atomic mass is 35.5. The van der Waals surface area contributed by atoms with Crippen molar-refractivity contribution in [2.75, 3.05) is 51.3 Å². The minimum absolute atomic E-state index is 0.0378. The van der Waals surface area contributed by atoms with Gasteiger partial charge in [0.25, 0.3) is 0 Å². The Hall–Kier alpha value is -3.54. The van der Waals surface area contributed by atoms with Crippen molar-refractivity contribution in [3.05, 3.63) is 64.1 Å². The molecule has 1 aromatic heterocycles. The molecular weight excluding hydrogens is 580 g/mol. The molecule has 43 heavy (non-hydrogen) atoms. The van der Waals surface area contributed by atoms with E-state index in [9.17, 15) is 14.0 Å². The second-order valence-corrected chi connectivity index (χ2v) is 12.1. The van der Waals surface area contributed by atoms with Crippen LogP contribution in [0.4, 0.5) is 14.6 Å². The van der Waals surface area contributed by atoms with Gasteiger partial charge in [0.05, 0.1) is 29.3 Å². The van der Waals surface area contributed by atoms with Crippen LogP contribution < -0.4 is 15.3 Å². The summed E-state index contributed by atoms with van der Waals surface area (Å²) in [6, 6.07) is 4.06. The van der Waals surface area contributed by atoms with E-state index in [1.807, 2.05) is 25.8 Å². The van der Waals surface area contributed by atoms with Crippen LogP contribution in [0.15, 0.2) is 41.7 Å². The van der Waals surface area contributed by atoms with Crippen molar-refractivity contribution in [1.82, 2.24) is 19.4 Å². The summed E-state index contributed by atoms with van der Waals surface area (Å²) in [5.41, 5.74) is 0.215. The van der Waals surface area contributed by atoms with Gasteiger partial charge >= 0.3 is 5.69 Å². The molecular formula is C31H34ClF2N5O4. The number of amides is 1. The summed E-state index contributed by atoms with van der Waals surface area (Å²) in [7, 11) is 2.04. The molecule has 4 atom stereocenters. The average molecular weight is 614 g/mol. The van der Waals surface area contributed by atoms with Crippen molar-refractivity contribution in [2.24, 2.45) is 0 Å². The van der Waals surface area contributed by atoms with Gasteiger partial charge in [-0.2, -0.15) is 4.98 Å². The zero-order valence-corrected chi connectivity index (χ0v) is 25.1. The van der Waals surface area contributed by atoms with E-state index in [1.165, 1.54) is 12.1 Å². The maximum absolute atomic E-state index is 15.1. The largest absolute Gasteiger partial charge is 0.488 e. The Morgan fingerprint density at radius 1 is 1.21 bits per heavy atom. The number of hydrogen-bond donors (Lipinski definition) is 0. The number of carbonyl (C=O) groups excluding carboxylic acids is 1. The van der Waals surface area contributed by atoms with Crippen LogP contribution in [0.2, 0.25) is 5.02 Å². The number of piperazine rings is 1. The molecule has 6 rings (SSSR count). The van der Waals surface area contributed by atoms with Crippen LogP contribution in [0.25, 0.3) is 22.0 Å². The van der Waals surface area contributed by atoms with E-state index in [-0.39, 0.29) is 59.2 Å². The SMILES string of the molecule is C=CC(=O)N1C[C@H](C)N(c2nc(=O)n3c4c(c(-c5ccc(F)cc5F)c(Cl)cc24)OC[C@H]3COC2CCN(C)C2)C[C@H]1C. The lowest BCUT2D eigenvalue weighted by molar-refractivity contribution is -0.128. The Morgan fingerprint density at radius 2 is 2.00 bits per heavy atom. The zero-order chi connectivity index (χ0) is 30.6. The summed E-state index contributed by atoms with van der Waals surface area (Å²) in [5.74, 6) is -1.05. The first-order valence-electron chi connectivity index (χ1n) is 14.4.